The van der Waals surface area contributed by atoms with Crippen molar-refractivity contribution in [2.24, 2.45) is 0 Å². The third kappa shape index (κ3) is 1.98. The highest BCUT2D eigenvalue weighted by Crippen LogP contribution is 2.26. The van der Waals surface area contributed by atoms with Crippen LogP contribution in [0.25, 0.3) is 0 Å². The molecule has 8 heavy (non-hydrogen) atoms. The van der Waals surface area contributed by atoms with E-state index in [4.69, 9.17) is 0 Å². The molecule has 0 aromatic rings. The Bertz CT molecular complexity index is 66.9. The third-order valence-electron chi connectivity index (χ3n) is 1.58. The van der Waals surface area contributed by atoms with E-state index in [0.717, 1.165) is 4.83 Å². The largest absolute Gasteiger partial charge is 0.176 e. The first-order valence-electron chi connectivity index (χ1n) is 3.11. The van der Waals surface area contributed by atoms with Crippen LogP contribution in [0.5, 0.6) is 0 Å². The summed E-state index contributed by atoms with van der Waals surface area (Å²) in [5.41, 5.74) is 0. The van der Waals surface area contributed by atoms with Crippen molar-refractivity contribution in [1.82, 2.24) is 0 Å². The van der Waals surface area contributed by atoms with Gasteiger partial charge in [-0.3, -0.25) is 0 Å². The summed E-state index contributed by atoms with van der Waals surface area (Å²) >= 11 is 7.97. The Morgan fingerprint density at radius 3 is 2.50 bits per heavy atom. The molecule has 2 atom stereocenters. The average molecular weight is 195 g/mol. The van der Waals surface area contributed by atoms with Gasteiger partial charge < -0.3 is 0 Å². The summed E-state index contributed by atoms with van der Waals surface area (Å²) in [6.07, 6.45) is 5.26. The second kappa shape index (κ2) is 3.11. The molecule has 1 rings (SSSR count). The fourth-order valence-electron chi connectivity index (χ4n) is 1.11. The van der Waals surface area contributed by atoms with Crippen molar-refractivity contribution in [2.75, 3.05) is 0 Å². The molecule has 0 N–H and O–H groups in total. The minimum absolute atomic E-state index is 0.660. The quantitative estimate of drug-likeness (QED) is 0.445. The van der Waals surface area contributed by atoms with E-state index in [0.29, 0.717) is 5.25 Å². The van der Waals surface area contributed by atoms with Crippen molar-refractivity contribution < 1.29 is 0 Å². The smallest absolute Gasteiger partial charge is 0.0156 e. The number of rotatable bonds is 0. The van der Waals surface area contributed by atoms with Crippen molar-refractivity contribution in [1.29, 1.82) is 0 Å². The van der Waals surface area contributed by atoms with E-state index in [-0.39, 0.29) is 0 Å². The van der Waals surface area contributed by atoms with Crippen LogP contribution in [0.15, 0.2) is 0 Å². The Morgan fingerprint density at radius 2 is 2.12 bits per heavy atom. The normalized spacial score (nSPS) is 39.8. The topological polar surface area (TPSA) is 0 Å². The van der Waals surface area contributed by atoms with Gasteiger partial charge in [0.1, 0.15) is 0 Å². The zero-order chi connectivity index (χ0) is 5.98. The van der Waals surface area contributed by atoms with Crippen LogP contribution in [0, 0.1) is 0 Å². The Hall–Kier alpha value is 0.830. The van der Waals surface area contributed by atoms with Crippen LogP contribution in [0.3, 0.4) is 0 Å². The molecular weight excluding hydrogens is 184 g/mol. The van der Waals surface area contributed by atoms with Crippen LogP contribution in [0.4, 0.5) is 0 Å². The minimum Gasteiger partial charge on any atom is -0.176 e. The standard InChI is InChI=1S/C6H11BrS/c7-5-2-1-3-6(8)4-5/h5-6,8H,1-4H2. The molecule has 48 valence electrons. The van der Waals surface area contributed by atoms with E-state index < -0.39 is 0 Å². The first-order chi connectivity index (χ1) is 3.79. The molecule has 0 bridgehead atoms. The number of halogens is 1. The first kappa shape index (κ1) is 6.94. The lowest BCUT2D eigenvalue weighted by molar-refractivity contribution is 0.536. The predicted octanol–water partition coefficient (Wildman–Crippen LogP) is 2.62. The molecule has 0 aromatic carbocycles. The maximum atomic E-state index is 4.39. The first-order valence-corrected chi connectivity index (χ1v) is 4.54. The highest BCUT2D eigenvalue weighted by atomic mass is 79.9. The Morgan fingerprint density at radius 1 is 1.38 bits per heavy atom. The van der Waals surface area contributed by atoms with Gasteiger partial charge in [0.15, 0.2) is 0 Å². The lowest BCUT2D eigenvalue weighted by atomic mass is 10.0. The molecule has 0 aromatic heterocycles. The molecule has 0 radical (unpaired) electrons. The summed E-state index contributed by atoms with van der Waals surface area (Å²) < 4.78 is 0. The lowest BCUT2D eigenvalue weighted by Crippen LogP contribution is -2.14. The summed E-state index contributed by atoms with van der Waals surface area (Å²) in [7, 11) is 0. The molecule has 2 heteroatoms. The molecule has 1 fully saturated rings. The van der Waals surface area contributed by atoms with E-state index >= 15 is 0 Å². The van der Waals surface area contributed by atoms with Gasteiger partial charge in [0.25, 0.3) is 0 Å². The number of hydrogen-bond donors (Lipinski definition) is 1. The second-order valence-corrected chi connectivity index (χ2v) is 4.44. The van der Waals surface area contributed by atoms with Gasteiger partial charge in [-0.05, 0) is 19.3 Å². The predicted molar refractivity (Wildman–Crippen MR) is 44.0 cm³/mol. The molecule has 0 heterocycles. The maximum Gasteiger partial charge on any atom is 0.0156 e. The Balaban J connectivity index is 2.23. The lowest BCUT2D eigenvalue weighted by Gasteiger charge is -2.20. The zero-order valence-electron chi connectivity index (χ0n) is 4.81. The van der Waals surface area contributed by atoms with Crippen molar-refractivity contribution in [2.45, 2.75) is 35.8 Å². The number of hydrogen-bond acceptors (Lipinski definition) is 1. The zero-order valence-corrected chi connectivity index (χ0v) is 7.29. The summed E-state index contributed by atoms with van der Waals surface area (Å²) in [6, 6.07) is 0. The summed E-state index contributed by atoms with van der Waals surface area (Å²) in [4.78, 5) is 0.749. The third-order valence-corrected chi connectivity index (χ3v) is 2.88. The fraction of sp³-hybridized carbons (Fsp3) is 1.00. The summed E-state index contributed by atoms with van der Waals surface area (Å²) in [6.45, 7) is 0. The van der Waals surface area contributed by atoms with E-state index in [1.54, 1.807) is 0 Å². The molecule has 2 unspecified atom stereocenters. The van der Waals surface area contributed by atoms with E-state index in [1.807, 2.05) is 0 Å². The molecule has 1 aliphatic rings. The Kier molecular flexibility index (Phi) is 2.70. The van der Waals surface area contributed by atoms with Crippen molar-refractivity contribution in [3.05, 3.63) is 0 Å². The molecule has 0 spiro atoms. The van der Waals surface area contributed by atoms with Crippen LogP contribution in [0.1, 0.15) is 25.7 Å². The van der Waals surface area contributed by atoms with Crippen LogP contribution in [-0.2, 0) is 0 Å². The van der Waals surface area contributed by atoms with Gasteiger partial charge in [-0.15, -0.1) is 0 Å². The van der Waals surface area contributed by atoms with Crippen LogP contribution in [-0.4, -0.2) is 10.1 Å². The van der Waals surface area contributed by atoms with Crippen LogP contribution in [0.2, 0.25) is 0 Å². The van der Waals surface area contributed by atoms with Gasteiger partial charge in [0.2, 0.25) is 0 Å². The Labute approximate surface area is 64.6 Å². The molecule has 0 saturated heterocycles. The highest BCUT2D eigenvalue weighted by molar-refractivity contribution is 9.09. The fourth-order valence-corrected chi connectivity index (χ4v) is 2.61. The SMILES string of the molecule is SC1CCCC(Br)C1. The van der Waals surface area contributed by atoms with Gasteiger partial charge in [-0.1, -0.05) is 22.4 Å². The van der Waals surface area contributed by atoms with Gasteiger partial charge in [0, 0.05) is 10.1 Å². The monoisotopic (exact) mass is 194 g/mol. The second-order valence-electron chi connectivity index (χ2n) is 2.42. The molecule has 1 saturated carbocycles. The van der Waals surface area contributed by atoms with Crippen molar-refractivity contribution in [3.8, 4) is 0 Å². The van der Waals surface area contributed by atoms with Crippen LogP contribution >= 0.6 is 28.6 Å². The van der Waals surface area contributed by atoms with Crippen molar-refractivity contribution >= 4 is 28.6 Å². The van der Waals surface area contributed by atoms with E-state index in [2.05, 4.69) is 28.6 Å². The maximum absolute atomic E-state index is 4.39. The molecule has 0 nitrogen and oxygen atoms in total. The van der Waals surface area contributed by atoms with Gasteiger partial charge in [-0.25, -0.2) is 0 Å². The molecular formula is C6H11BrS. The van der Waals surface area contributed by atoms with Crippen LogP contribution < -0.4 is 0 Å². The van der Waals surface area contributed by atoms with E-state index in [1.165, 1.54) is 25.7 Å². The average Bonchev–Trinajstić information content (AvgIpc) is 1.64. The van der Waals surface area contributed by atoms with Gasteiger partial charge in [-0.2, -0.15) is 12.6 Å². The number of thiol groups is 1. The van der Waals surface area contributed by atoms with Crippen molar-refractivity contribution in [3.63, 3.8) is 0 Å². The van der Waals surface area contributed by atoms with Gasteiger partial charge in [0.05, 0.1) is 0 Å². The van der Waals surface area contributed by atoms with E-state index in [9.17, 15) is 0 Å². The summed E-state index contributed by atoms with van der Waals surface area (Å²) in [5, 5.41) is 0.660. The number of alkyl halides is 1. The van der Waals surface area contributed by atoms with Gasteiger partial charge >= 0.3 is 0 Å². The summed E-state index contributed by atoms with van der Waals surface area (Å²) in [5.74, 6) is 0. The minimum atomic E-state index is 0.660. The highest BCUT2D eigenvalue weighted by Gasteiger charge is 2.15. The molecule has 0 aliphatic heterocycles. The molecule has 1 aliphatic carbocycles. The molecule has 0 amide bonds.